The molecule has 0 fully saturated rings. The van der Waals surface area contributed by atoms with Crippen molar-refractivity contribution in [3.63, 3.8) is 0 Å². The molecule has 0 radical (unpaired) electrons. The van der Waals surface area contributed by atoms with Gasteiger partial charge in [0.2, 0.25) is 0 Å². The lowest BCUT2D eigenvalue weighted by Crippen LogP contribution is -2.27. The monoisotopic (exact) mass is 342 g/mol. The first-order valence-corrected chi connectivity index (χ1v) is 7.27. The lowest BCUT2D eigenvalue weighted by molar-refractivity contribution is 0.0786. The molecule has 0 bridgehead atoms. The molecule has 2 rings (SSSR count). The van der Waals surface area contributed by atoms with Crippen molar-refractivity contribution in [3.05, 3.63) is 62.6 Å². The van der Waals surface area contributed by atoms with E-state index in [0.29, 0.717) is 32.9 Å². The number of nitrogens with two attached hydrogens (primary N) is 1. The molecule has 2 aromatic rings. The van der Waals surface area contributed by atoms with Crippen LogP contribution in [0.5, 0.6) is 0 Å². The van der Waals surface area contributed by atoms with Crippen LogP contribution >= 0.6 is 34.8 Å². The summed E-state index contributed by atoms with van der Waals surface area (Å²) in [6.45, 7) is 0.375. The molecule has 0 aliphatic carbocycles. The van der Waals surface area contributed by atoms with Crippen LogP contribution in [-0.2, 0) is 6.54 Å². The summed E-state index contributed by atoms with van der Waals surface area (Å²) in [4.78, 5) is 14.0. The Hall–Kier alpha value is -1.42. The van der Waals surface area contributed by atoms with E-state index in [4.69, 9.17) is 40.5 Å². The van der Waals surface area contributed by atoms with Crippen molar-refractivity contribution in [2.45, 2.75) is 6.54 Å². The van der Waals surface area contributed by atoms with Gasteiger partial charge < -0.3 is 10.6 Å². The van der Waals surface area contributed by atoms with Gasteiger partial charge in [-0.25, -0.2) is 0 Å². The summed E-state index contributed by atoms with van der Waals surface area (Å²) in [5, 5.41) is 1.26. The SMILES string of the molecule is CN(Cc1ccc(Cl)c(Cl)c1)C(=O)c1c(N)cccc1Cl. The predicted octanol–water partition coefficient (Wildman–Crippen LogP) is 4.50. The molecule has 0 saturated carbocycles. The standard InChI is InChI=1S/C15H13Cl3N2O/c1-20(8-9-5-6-10(16)12(18)7-9)15(21)14-11(17)3-2-4-13(14)19/h2-7H,8,19H2,1H3. The van der Waals surface area contributed by atoms with Crippen molar-refractivity contribution in [2.24, 2.45) is 0 Å². The van der Waals surface area contributed by atoms with Gasteiger partial charge in [0.15, 0.2) is 0 Å². The molecule has 3 nitrogen and oxygen atoms in total. The average Bonchev–Trinajstić information content (AvgIpc) is 2.42. The topological polar surface area (TPSA) is 46.3 Å². The van der Waals surface area contributed by atoms with E-state index in [9.17, 15) is 4.79 Å². The molecule has 0 spiro atoms. The van der Waals surface area contributed by atoms with Gasteiger partial charge in [0.1, 0.15) is 0 Å². The lowest BCUT2D eigenvalue weighted by atomic mass is 10.1. The van der Waals surface area contributed by atoms with Gasteiger partial charge in [0.25, 0.3) is 5.91 Å². The molecule has 0 aromatic heterocycles. The fourth-order valence-corrected chi connectivity index (χ4v) is 2.52. The van der Waals surface area contributed by atoms with Crippen molar-refractivity contribution in [2.75, 3.05) is 12.8 Å². The molecule has 2 N–H and O–H groups in total. The van der Waals surface area contributed by atoms with Crippen LogP contribution < -0.4 is 5.73 Å². The highest BCUT2D eigenvalue weighted by Gasteiger charge is 2.18. The number of halogens is 3. The van der Waals surface area contributed by atoms with Crippen LogP contribution in [0.15, 0.2) is 36.4 Å². The first-order valence-electron chi connectivity index (χ1n) is 6.13. The minimum absolute atomic E-state index is 0.246. The molecule has 0 unspecified atom stereocenters. The van der Waals surface area contributed by atoms with Crippen LogP contribution in [0.2, 0.25) is 15.1 Å². The summed E-state index contributed by atoms with van der Waals surface area (Å²) in [5.41, 5.74) is 7.36. The van der Waals surface area contributed by atoms with Gasteiger partial charge in [0, 0.05) is 19.3 Å². The number of amides is 1. The molecule has 0 atom stereocenters. The van der Waals surface area contributed by atoms with E-state index >= 15 is 0 Å². The Morgan fingerprint density at radius 2 is 1.81 bits per heavy atom. The summed E-state index contributed by atoms with van der Waals surface area (Å²) in [5.74, 6) is -0.246. The van der Waals surface area contributed by atoms with E-state index in [2.05, 4.69) is 0 Å². The highest BCUT2D eigenvalue weighted by Crippen LogP contribution is 2.25. The Morgan fingerprint density at radius 1 is 1.10 bits per heavy atom. The van der Waals surface area contributed by atoms with E-state index in [0.717, 1.165) is 5.56 Å². The van der Waals surface area contributed by atoms with Crippen LogP contribution in [0.4, 0.5) is 5.69 Å². The Kier molecular flexibility index (Phi) is 4.99. The molecule has 0 saturated heterocycles. The van der Waals surface area contributed by atoms with Gasteiger partial charge in [-0.05, 0) is 29.8 Å². The van der Waals surface area contributed by atoms with E-state index in [1.807, 2.05) is 6.07 Å². The number of carbonyl (C=O) groups is 1. The maximum absolute atomic E-state index is 12.4. The fourth-order valence-electron chi connectivity index (χ4n) is 1.94. The summed E-state index contributed by atoms with van der Waals surface area (Å²) >= 11 is 17.9. The van der Waals surface area contributed by atoms with Gasteiger partial charge in [-0.1, -0.05) is 46.9 Å². The van der Waals surface area contributed by atoms with E-state index in [-0.39, 0.29) is 5.91 Å². The van der Waals surface area contributed by atoms with Gasteiger partial charge >= 0.3 is 0 Å². The van der Waals surface area contributed by atoms with Crippen LogP contribution in [0, 0.1) is 0 Å². The number of carbonyl (C=O) groups excluding carboxylic acids is 1. The van der Waals surface area contributed by atoms with Gasteiger partial charge in [0.05, 0.1) is 20.6 Å². The summed E-state index contributed by atoms with van der Waals surface area (Å²) in [6.07, 6.45) is 0. The maximum atomic E-state index is 12.4. The first-order chi connectivity index (χ1) is 9.90. The molecular formula is C15H13Cl3N2O. The van der Waals surface area contributed by atoms with E-state index in [1.165, 1.54) is 4.90 Å². The van der Waals surface area contributed by atoms with Crippen LogP contribution in [0.25, 0.3) is 0 Å². The van der Waals surface area contributed by atoms with Gasteiger partial charge in [-0.2, -0.15) is 0 Å². The summed E-state index contributed by atoms with van der Waals surface area (Å²) in [6, 6.07) is 10.2. The summed E-state index contributed by atoms with van der Waals surface area (Å²) < 4.78 is 0. The number of anilines is 1. The quantitative estimate of drug-likeness (QED) is 0.834. The zero-order valence-electron chi connectivity index (χ0n) is 11.2. The van der Waals surface area contributed by atoms with Crippen molar-refractivity contribution in [1.82, 2.24) is 4.90 Å². The Balaban J connectivity index is 2.21. The molecule has 110 valence electrons. The van der Waals surface area contributed by atoms with E-state index < -0.39 is 0 Å². The second kappa shape index (κ2) is 6.56. The van der Waals surface area contributed by atoms with Crippen LogP contribution in [0.1, 0.15) is 15.9 Å². The van der Waals surface area contributed by atoms with Crippen LogP contribution in [-0.4, -0.2) is 17.9 Å². The van der Waals surface area contributed by atoms with Crippen molar-refractivity contribution in [3.8, 4) is 0 Å². The molecular weight excluding hydrogens is 331 g/mol. The molecule has 1 amide bonds. The lowest BCUT2D eigenvalue weighted by Gasteiger charge is -2.19. The minimum atomic E-state index is -0.246. The molecule has 2 aromatic carbocycles. The zero-order chi connectivity index (χ0) is 15.6. The molecule has 6 heteroatoms. The van der Waals surface area contributed by atoms with Gasteiger partial charge in [-0.3, -0.25) is 4.79 Å². The number of nitrogens with zero attached hydrogens (tertiary/aromatic N) is 1. The predicted molar refractivity (Wildman–Crippen MR) is 88.1 cm³/mol. The second-order valence-corrected chi connectivity index (χ2v) is 5.84. The van der Waals surface area contributed by atoms with Crippen molar-refractivity contribution in [1.29, 1.82) is 0 Å². The zero-order valence-corrected chi connectivity index (χ0v) is 13.5. The summed E-state index contributed by atoms with van der Waals surface area (Å²) in [7, 11) is 1.67. The smallest absolute Gasteiger partial charge is 0.257 e. The third-order valence-electron chi connectivity index (χ3n) is 3.01. The highest BCUT2D eigenvalue weighted by atomic mass is 35.5. The molecule has 0 aliphatic heterocycles. The third kappa shape index (κ3) is 3.62. The number of benzene rings is 2. The minimum Gasteiger partial charge on any atom is -0.398 e. The average molecular weight is 344 g/mol. The Morgan fingerprint density at radius 3 is 2.43 bits per heavy atom. The largest absolute Gasteiger partial charge is 0.398 e. The number of nitrogen functional groups attached to an aromatic ring is 1. The first kappa shape index (κ1) is 16.0. The highest BCUT2D eigenvalue weighted by molar-refractivity contribution is 6.42. The second-order valence-electron chi connectivity index (χ2n) is 4.61. The Bertz CT molecular complexity index is 668. The number of hydrogen-bond acceptors (Lipinski definition) is 2. The fraction of sp³-hybridized carbons (Fsp3) is 0.133. The third-order valence-corrected chi connectivity index (χ3v) is 4.06. The molecule has 0 heterocycles. The molecule has 21 heavy (non-hydrogen) atoms. The van der Waals surface area contributed by atoms with Crippen molar-refractivity contribution >= 4 is 46.4 Å². The normalized spacial score (nSPS) is 10.5. The number of rotatable bonds is 3. The Labute approximate surface area is 138 Å². The van der Waals surface area contributed by atoms with Crippen molar-refractivity contribution < 1.29 is 4.79 Å². The van der Waals surface area contributed by atoms with Crippen LogP contribution in [0.3, 0.4) is 0 Å². The molecule has 0 aliphatic rings. The maximum Gasteiger partial charge on any atom is 0.257 e. The van der Waals surface area contributed by atoms with Gasteiger partial charge in [-0.15, -0.1) is 0 Å². The number of hydrogen-bond donors (Lipinski definition) is 1. The van der Waals surface area contributed by atoms with E-state index in [1.54, 1.807) is 37.4 Å².